The van der Waals surface area contributed by atoms with Crippen LogP contribution < -0.4 is 10.6 Å². The Balaban J connectivity index is 1.38. The lowest BCUT2D eigenvalue weighted by molar-refractivity contribution is -0.137. The summed E-state index contributed by atoms with van der Waals surface area (Å²) in [5.41, 5.74) is 1.61. The van der Waals surface area contributed by atoms with E-state index < -0.39 is 33.7 Å². The van der Waals surface area contributed by atoms with E-state index in [0.717, 1.165) is 29.0 Å². The van der Waals surface area contributed by atoms with Crippen molar-refractivity contribution in [1.29, 1.82) is 0 Å². The molecule has 226 valence electrons. The summed E-state index contributed by atoms with van der Waals surface area (Å²) in [7, 11) is -3.90. The van der Waals surface area contributed by atoms with Crippen molar-refractivity contribution >= 4 is 44.7 Å². The van der Waals surface area contributed by atoms with Gasteiger partial charge in [-0.1, -0.05) is 29.8 Å². The van der Waals surface area contributed by atoms with E-state index in [4.69, 9.17) is 11.6 Å². The number of halogens is 4. The van der Waals surface area contributed by atoms with Crippen molar-refractivity contribution in [2.75, 3.05) is 11.9 Å². The fourth-order valence-corrected chi connectivity index (χ4v) is 8.10. The predicted molar refractivity (Wildman–Crippen MR) is 159 cm³/mol. The topological polar surface area (TPSA) is 104 Å². The zero-order valence-electron chi connectivity index (χ0n) is 22.8. The second kappa shape index (κ2) is 12.6. The second-order valence-electron chi connectivity index (χ2n) is 10.0. The number of carbonyl (C=O) groups is 1. The third kappa shape index (κ3) is 7.18. The number of pyridine rings is 2. The van der Waals surface area contributed by atoms with Crippen LogP contribution in [0.5, 0.6) is 0 Å². The number of rotatable bonds is 9. The van der Waals surface area contributed by atoms with Gasteiger partial charge in [-0.25, -0.2) is 13.4 Å². The van der Waals surface area contributed by atoms with Crippen molar-refractivity contribution < 1.29 is 26.4 Å². The summed E-state index contributed by atoms with van der Waals surface area (Å²) in [5, 5.41) is 6.13. The Kier molecular flexibility index (Phi) is 9.07. The molecule has 1 aliphatic rings. The molecule has 1 amide bonds. The van der Waals surface area contributed by atoms with Crippen molar-refractivity contribution in [3.8, 4) is 11.3 Å². The van der Waals surface area contributed by atoms with Gasteiger partial charge in [-0.2, -0.15) is 17.5 Å². The largest absolute Gasteiger partial charge is 0.416 e. The van der Waals surface area contributed by atoms with Crippen molar-refractivity contribution in [1.82, 2.24) is 19.6 Å². The maximum atomic E-state index is 13.3. The molecule has 0 aliphatic carbocycles. The lowest BCUT2D eigenvalue weighted by Crippen LogP contribution is -2.45. The maximum absolute atomic E-state index is 13.3. The number of aromatic nitrogens is 2. The van der Waals surface area contributed by atoms with Crippen molar-refractivity contribution in [2.24, 2.45) is 0 Å². The van der Waals surface area contributed by atoms with E-state index >= 15 is 0 Å². The van der Waals surface area contributed by atoms with Gasteiger partial charge in [0.2, 0.25) is 5.91 Å². The summed E-state index contributed by atoms with van der Waals surface area (Å²) >= 11 is 6.88. The van der Waals surface area contributed by atoms with E-state index in [9.17, 15) is 26.4 Å². The number of sulfonamides is 1. The fourth-order valence-electron chi connectivity index (χ4n) is 4.83. The molecule has 43 heavy (non-hydrogen) atoms. The smallest absolute Gasteiger partial charge is 0.363 e. The molecule has 2 N–H and O–H groups in total. The summed E-state index contributed by atoms with van der Waals surface area (Å²) in [4.78, 5) is 22.0. The molecule has 0 saturated carbocycles. The van der Waals surface area contributed by atoms with Crippen LogP contribution in [0.25, 0.3) is 11.3 Å². The zero-order valence-corrected chi connectivity index (χ0v) is 25.2. The normalized spacial score (nSPS) is 16.6. The van der Waals surface area contributed by atoms with Gasteiger partial charge in [0, 0.05) is 31.0 Å². The molecule has 0 bridgehead atoms. The Bertz CT molecular complexity index is 1700. The number of hydrogen-bond donors (Lipinski definition) is 2. The van der Waals surface area contributed by atoms with Crippen LogP contribution >= 0.6 is 22.9 Å². The molecule has 14 heteroatoms. The molecular formula is C29H27ClF3N5O3S2. The SMILES string of the molecule is CC(Nc1cc(CNC(=O)C2CCCN2S(=O)(=O)c2ccc(Cl)s2)cc(-c2ccc(C(F)(F)F)cc2)n1)c1cccnc1. The number of nitrogens with one attached hydrogen (secondary N) is 2. The molecule has 1 aromatic carbocycles. The number of thiophene rings is 1. The number of amides is 1. The van der Waals surface area contributed by atoms with Crippen molar-refractivity contribution in [3.63, 3.8) is 0 Å². The van der Waals surface area contributed by atoms with Gasteiger partial charge in [-0.05, 0) is 73.4 Å². The van der Waals surface area contributed by atoms with E-state index in [2.05, 4.69) is 20.6 Å². The van der Waals surface area contributed by atoms with Gasteiger partial charge in [0.25, 0.3) is 10.0 Å². The first-order chi connectivity index (χ1) is 20.4. The average Bonchev–Trinajstić information content (AvgIpc) is 3.66. The van der Waals surface area contributed by atoms with E-state index in [-0.39, 0.29) is 23.3 Å². The Hall–Kier alpha value is -3.52. The molecule has 2 unspecified atom stereocenters. The quantitative estimate of drug-likeness (QED) is 0.214. The number of benzene rings is 1. The first-order valence-corrected chi connectivity index (χ1v) is 16.0. The third-order valence-corrected chi connectivity index (χ3v) is 10.6. The lowest BCUT2D eigenvalue weighted by atomic mass is 10.1. The molecule has 8 nitrogen and oxygen atoms in total. The fraction of sp³-hybridized carbons (Fsp3) is 0.276. The van der Waals surface area contributed by atoms with Crippen LogP contribution in [0.4, 0.5) is 19.0 Å². The molecule has 5 rings (SSSR count). The van der Waals surface area contributed by atoms with Crippen molar-refractivity contribution in [2.45, 2.75) is 48.8 Å². The number of carbonyl (C=O) groups excluding carboxylic acids is 1. The van der Waals surface area contributed by atoms with Gasteiger partial charge < -0.3 is 10.6 Å². The highest BCUT2D eigenvalue weighted by Gasteiger charge is 2.40. The Morgan fingerprint density at radius 1 is 1.16 bits per heavy atom. The highest BCUT2D eigenvalue weighted by atomic mass is 35.5. The average molecular weight is 650 g/mol. The molecule has 1 saturated heterocycles. The summed E-state index contributed by atoms with van der Waals surface area (Å²) in [5.74, 6) is -0.00694. The first kappa shape index (κ1) is 30.9. The Morgan fingerprint density at radius 2 is 1.93 bits per heavy atom. The summed E-state index contributed by atoms with van der Waals surface area (Å²) in [6.07, 6.45) is -0.199. The summed E-state index contributed by atoms with van der Waals surface area (Å²) < 4.78 is 67.4. The highest BCUT2D eigenvalue weighted by molar-refractivity contribution is 7.91. The van der Waals surface area contributed by atoms with Gasteiger partial charge in [0.1, 0.15) is 16.1 Å². The minimum absolute atomic E-state index is 0.0418. The minimum Gasteiger partial charge on any atom is -0.363 e. The number of anilines is 1. The van der Waals surface area contributed by atoms with Crippen LogP contribution in [-0.2, 0) is 27.5 Å². The first-order valence-electron chi connectivity index (χ1n) is 13.3. The molecule has 4 heterocycles. The zero-order chi connectivity index (χ0) is 30.8. The standard InChI is InChI=1S/C29H27ClF3N5O3S2/c1-18(21-4-2-12-34-17-21)36-26-15-19(14-23(37-26)20-6-8-22(9-7-20)29(31,32)33)16-35-28(39)24-5-3-13-38(24)43(40,41)27-11-10-25(30)42-27/h2,4,6-12,14-15,17-18,24H,3,5,13,16H2,1H3,(H,35,39)(H,36,37). The molecule has 1 fully saturated rings. The Labute approximate surface area is 256 Å². The van der Waals surface area contributed by atoms with Gasteiger partial charge in [-0.15, -0.1) is 11.3 Å². The van der Waals surface area contributed by atoms with E-state index in [1.165, 1.54) is 28.6 Å². The second-order valence-corrected chi connectivity index (χ2v) is 13.9. The van der Waals surface area contributed by atoms with Crippen LogP contribution in [0.2, 0.25) is 4.34 Å². The van der Waals surface area contributed by atoms with Gasteiger partial charge in [0.05, 0.1) is 21.6 Å². The van der Waals surface area contributed by atoms with Gasteiger partial charge in [0.15, 0.2) is 0 Å². The summed E-state index contributed by atoms with van der Waals surface area (Å²) in [6.45, 7) is 2.17. The molecule has 0 radical (unpaired) electrons. The molecule has 0 spiro atoms. The van der Waals surface area contributed by atoms with Crippen LogP contribution in [0.3, 0.4) is 0 Å². The van der Waals surface area contributed by atoms with E-state index in [0.29, 0.717) is 39.8 Å². The predicted octanol–water partition coefficient (Wildman–Crippen LogP) is 6.52. The van der Waals surface area contributed by atoms with E-state index in [1.54, 1.807) is 30.6 Å². The van der Waals surface area contributed by atoms with Crippen LogP contribution in [-0.4, -0.2) is 41.2 Å². The van der Waals surface area contributed by atoms with Gasteiger partial charge >= 0.3 is 6.18 Å². The number of hydrogen-bond acceptors (Lipinski definition) is 7. The maximum Gasteiger partial charge on any atom is 0.416 e. The Morgan fingerprint density at radius 3 is 2.58 bits per heavy atom. The summed E-state index contributed by atoms with van der Waals surface area (Å²) in [6, 6.07) is 13.6. The van der Waals surface area contributed by atoms with Crippen molar-refractivity contribution in [3.05, 3.63) is 94.1 Å². The number of alkyl halides is 3. The molecule has 2 atom stereocenters. The van der Waals surface area contributed by atoms with Crippen LogP contribution in [0.15, 0.2) is 77.3 Å². The van der Waals surface area contributed by atoms with Gasteiger partial charge in [-0.3, -0.25) is 9.78 Å². The highest BCUT2D eigenvalue weighted by Crippen LogP contribution is 2.33. The molecule has 1 aliphatic heterocycles. The van der Waals surface area contributed by atoms with Crippen LogP contribution in [0, 0.1) is 0 Å². The monoisotopic (exact) mass is 649 g/mol. The van der Waals surface area contributed by atoms with Crippen LogP contribution in [0.1, 0.15) is 42.5 Å². The molecular weight excluding hydrogens is 623 g/mol. The minimum atomic E-state index is -4.47. The van der Waals surface area contributed by atoms with E-state index in [1.807, 2.05) is 13.0 Å². The third-order valence-electron chi connectivity index (χ3n) is 7.03. The lowest BCUT2D eigenvalue weighted by Gasteiger charge is -2.23. The molecule has 4 aromatic rings. The number of nitrogens with zero attached hydrogens (tertiary/aromatic N) is 3. The molecule has 3 aromatic heterocycles.